The second-order valence-electron chi connectivity index (χ2n) is 7.03. The van der Waals surface area contributed by atoms with E-state index in [0.717, 1.165) is 5.56 Å². The van der Waals surface area contributed by atoms with Crippen LogP contribution in [0.4, 0.5) is 0 Å². The highest BCUT2D eigenvalue weighted by Crippen LogP contribution is 2.32. The summed E-state index contributed by atoms with van der Waals surface area (Å²) < 4.78 is 0. The molecular formula is C21H23ClN2O2. The monoisotopic (exact) mass is 370 g/mol. The van der Waals surface area contributed by atoms with Gasteiger partial charge in [0, 0.05) is 35.6 Å². The van der Waals surface area contributed by atoms with Gasteiger partial charge >= 0.3 is 0 Å². The van der Waals surface area contributed by atoms with E-state index in [-0.39, 0.29) is 11.8 Å². The molecule has 1 aliphatic heterocycles. The number of rotatable bonds is 4. The van der Waals surface area contributed by atoms with Crippen LogP contribution in [0.2, 0.25) is 5.02 Å². The molecule has 0 unspecified atom stereocenters. The molecule has 3 rings (SSSR count). The van der Waals surface area contributed by atoms with E-state index in [1.807, 2.05) is 37.3 Å². The molecule has 0 atom stereocenters. The number of carbonyl (C=O) groups excluding carboxylic acids is 2. The lowest BCUT2D eigenvalue weighted by molar-refractivity contribution is -0.132. The quantitative estimate of drug-likeness (QED) is 0.887. The molecular weight excluding hydrogens is 348 g/mol. The average Bonchev–Trinajstić information content (AvgIpc) is 2.67. The zero-order valence-electron chi connectivity index (χ0n) is 14.9. The number of hydrogen-bond acceptors (Lipinski definition) is 2. The summed E-state index contributed by atoms with van der Waals surface area (Å²) in [7, 11) is 0. The van der Waals surface area contributed by atoms with Crippen molar-refractivity contribution in [3.63, 3.8) is 0 Å². The summed E-state index contributed by atoms with van der Waals surface area (Å²) in [6, 6.07) is 16.9. The highest BCUT2D eigenvalue weighted by Gasteiger charge is 2.38. The van der Waals surface area contributed by atoms with Crippen molar-refractivity contribution in [1.29, 1.82) is 0 Å². The maximum absolute atomic E-state index is 12.7. The molecule has 2 aromatic rings. The number of hydrogen-bond donors (Lipinski definition) is 1. The molecule has 1 heterocycles. The number of benzene rings is 2. The molecule has 1 fully saturated rings. The van der Waals surface area contributed by atoms with Gasteiger partial charge in [-0.1, -0.05) is 54.9 Å². The molecule has 136 valence electrons. The Kier molecular flexibility index (Phi) is 5.62. The van der Waals surface area contributed by atoms with E-state index in [4.69, 9.17) is 11.6 Å². The Morgan fingerprint density at radius 1 is 1.08 bits per heavy atom. The first-order chi connectivity index (χ1) is 12.5. The fourth-order valence-corrected chi connectivity index (χ4v) is 3.42. The summed E-state index contributed by atoms with van der Waals surface area (Å²) >= 11 is 5.98. The zero-order valence-corrected chi connectivity index (χ0v) is 15.6. The summed E-state index contributed by atoms with van der Waals surface area (Å²) in [5, 5.41) is 3.59. The van der Waals surface area contributed by atoms with Crippen molar-refractivity contribution in [3.05, 3.63) is 70.7 Å². The lowest BCUT2D eigenvalue weighted by Crippen LogP contribution is -2.48. The first-order valence-corrected chi connectivity index (χ1v) is 9.23. The van der Waals surface area contributed by atoms with Gasteiger partial charge in [-0.05, 0) is 36.6 Å². The average molecular weight is 371 g/mol. The molecule has 0 aromatic heterocycles. The largest absolute Gasteiger partial charge is 0.352 e. The number of nitrogens with zero attached hydrogens (tertiary/aromatic N) is 1. The summed E-state index contributed by atoms with van der Waals surface area (Å²) in [5.74, 6) is 0.0236. The standard InChI is InChI=1S/C21H23ClN2O2/c1-21(20(26)23-15-16-6-3-2-4-7-16)10-12-24(13-11-21)19(25)17-8-5-9-18(22)14-17/h2-9,14H,10-13,15H2,1H3,(H,23,26). The smallest absolute Gasteiger partial charge is 0.253 e. The van der Waals surface area contributed by atoms with Crippen molar-refractivity contribution in [2.24, 2.45) is 5.41 Å². The molecule has 4 nitrogen and oxygen atoms in total. The van der Waals surface area contributed by atoms with Crippen molar-refractivity contribution < 1.29 is 9.59 Å². The van der Waals surface area contributed by atoms with Crippen LogP contribution in [-0.4, -0.2) is 29.8 Å². The van der Waals surface area contributed by atoms with Crippen molar-refractivity contribution in [2.45, 2.75) is 26.3 Å². The minimum Gasteiger partial charge on any atom is -0.352 e. The van der Waals surface area contributed by atoms with E-state index in [1.165, 1.54) is 0 Å². The van der Waals surface area contributed by atoms with Crippen LogP contribution in [0.3, 0.4) is 0 Å². The fraction of sp³-hybridized carbons (Fsp3) is 0.333. The molecule has 2 amide bonds. The van der Waals surface area contributed by atoms with Gasteiger partial charge in [0.05, 0.1) is 0 Å². The first-order valence-electron chi connectivity index (χ1n) is 8.85. The molecule has 1 aliphatic rings. The van der Waals surface area contributed by atoms with Crippen LogP contribution >= 0.6 is 11.6 Å². The number of nitrogens with one attached hydrogen (secondary N) is 1. The fourth-order valence-electron chi connectivity index (χ4n) is 3.23. The highest BCUT2D eigenvalue weighted by atomic mass is 35.5. The Morgan fingerprint density at radius 2 is 1.77 bits per heavy atom. The van der Waals surface area contributed by atoms with Gasteiger partial charge in [0.15, 0.2) is 0 Å². The number of piperidine rings is 1. The predicted octanol–water partition coefficient (Wildman–Crippen LogP) is 3.90. The predicted molar refractivity (Wildman–Crippen MR) is 103 cm³/mol. The van der Waals surface area contributed by atoms with Crippen molar-refractivity contribution in [1.82, 2.24) is 10.2 Å². The molecule has 26 heavy (non-hydrogen) atoms. The van der Waals surface area contributed by atoms with Gasteiger partial charge in [0.25, 0.3) is 5.91 Å². The summed E-state index contributed by atoms with van der Waals surface area (Å²) in [5.41, 5.74) is 1.23. The lowest BCUT2D eigenvalue weighted by Gasteiger charge is -2.38. The highest BCUT2D eigenvalue weighted by molar-refractivity contribution is 6.30. The summed E-state index contributed by atoms with van der Waals surface area (Å²) in [6.45, 7) is 3.65. The van der Waals surface area contributed by atoms with Gasteiger partial charge in [-0.2, -0.15) is 0 Å². The van der Waals surface area contributed by atoms with Gasteiger partial charge in [0.2, 0.25) is 5.91 Å². The second kappa shape index (κ2) is 7.92. The van der Waals surface area contributed by atoms with E-state index >= 15 is 0 Å². The van der Waals surface area contributed by atoms with Crippen molar-refractivity contribution in [3.8, 4) is 0 Å². The van der Waals surface area contributed by atoms with Gasteiger partial charge in [-0.25, -0.2) is 0 Å². The van der Waals surface area contributed by atoms with Crippen LogP contribution in [0.1, 0.15) is 35.7 Å². The van der Waals surface area contributed by atoms with Crippen LogP contribution in [0.5, 0.6) is 0 Å². The normalized spacial score (nSPS) is 16.2. The lowest BCUT2D eigenvalue weighted by atomic mass is 9.79. The molecule has 0 aliphatic carbocycles. The number of likely N-dealkylation sites (tertiary alicyclic amines) is 1. The number of halogens is 1. The molecule has 1 N–H and O–H groups in total. The zero-order chi connectivity index (χ0) is 18.6. The summed E-state index contributed by atoms with van der Waals surface area (Å²) in [4.78, 5) is 27.1. The van der Waals surface area contributed by atoms with Gasteiger partial charge < -0.3 is 10.2 Å². The van der Waals surface area contributed by atoms with E-state index in [2.05, 4.69) is 5.32 Å². The third kappa shape index (κ3) is 4.25. The van der Waals surface area contributed by atoms with Crippen LogP contribution in [0.25, 0.3) is 0 Å². The van der Waals surface area contributed by atoms with Crippen LogP contribution in [0, 0.1) is 5.41 Å². The topological polar surface area (TPSA) is 49.4 Å². The molecule has 0 saturated carbocycles. The molecule has 2 aromatic carbocycles. The van der Waals surface area contributed by atoms with Crippen LogP contribution < -0.4 is 5.32 Å². The third-order valence-corrected chi connectivity index (χ3v) is 5.30. The molecule has 0 spiro atoms. The van der Waals surface area contributed by atoms with Gasteiger partial charge in [-0.15, -0.1) is 0 Å². The summed E-state index contributed by atoms with van der Waals surface area (Å²) in [6.07, 6.45) is 1.31. The van der Waals surface area contributed by atoms with E-state index < -0.39 is 5.41 Å². The van der Waals surface area contributed by atoms with Gasteiger partial charge in [-0.3, -0.25) is 9.59 Å². The van der Waals surface area contributed by atoms with Gasteiger partial charge in [0.1, 0.15) is 0 Å². The number of amides is 2. The Labute approximate surface area is 159 Å². The van der Waals surface area contributed by atoms with Crippen LogP contribution in [-0.2, 0) is 11.3 Å². The maximum atomic E-state index is 12.7. The number of carbonyl (C=O) groups is 2. The van der Waals surface area contributed by atoms with Crippen molar-refractivity contribution >= 4 is 23.4 Å². The molecule has 0 bridgehead atoms. The first kappa shape index (κ1) is 18.5. The third-order valence-electron chi connectivity index (χ3n) is 5.07. The minimum atomic E-state index is -0.445. The second-order valence-corrected chi connectivity index (χ2v) is 7.47. The minimum absolute atomic E-state index is 0.0285. The Balaban J connectivity index is 1.56. The molecule has 5 heteroatoms. The Morgan fingerprint density at radius 3 is 2.42 bits per heavy atom. The van der Waals surface area contributed by atoms with Crippen LogP contribution in [0.15, 0.2) is 54.6 Å². The van der Waals surface area contributed by atoms with E-state index in [0.29, 0.717) is 43.1 Å². The Bertz CT molecular complexity index is 784. The molecule has 1 saturated heterocycles. The molecule has 0 radical (unpaired) electrons. The van der Waals surface area contributed by atoms with E-state index in [9.17, 15) is 9.59 Å². The van der Waals surface area contributed by atoms with E-state index in [1.54, 1.807) is 29.2 Å². The maximum Gasteiger partial charge on any atom is 0.253 e. The van der Waals surface area contributed by atoms with Crippen molar-refractivity contribution in [2.75, 3.05) is 13.1 Å². The Hall–Kier alpha value is -2.33. The SMILES string of the molecule is CC1(C(=O)NCc2ccccc2)CCN(C(=O)c2cccc(Cl)c2)CC1.